The highest BCUT2D eigenvalue weighted by Crippen LogP contribution is 2.18. The molecule has 2 aliphatic rings. The van der Waals surface area contributed by atoms with Crippen molar-refractivity contribution in [2.45, 2.75) is 31.7 Å². The van der Waals surface area contributed by atoms with E-state index in [4.69, 9.17) is 12.2 Å². The minimum Gasteiger partial charge on any atom is -0.360 e. The maximum absolute atomic E-state index is 5.54. The summed E-state index contributed by atoms with van der Waals surface area (Å²) in [6.45, 7) is 6.74. The van der Waals surface area contributed by atoms with Crippen LogP contribution in [0.5, 0.6) is 0 Å². The van der Waals surface area contributed by atoms with Gasteiger partial charge in [-0.1, -0.05) is 12.8 Å². The number of hydrogen-bond donors (Lipinski definition) is 1. The van der Waals surface area contributed by atoms with Crippen LogP contribution in [0.15, 0.2) is 0 Å². The minimum absolute atomic E-state index is 0.638. The molecule has 1 aliphatic heterocycles. The summed E-state index contributed by atoms with van der Waals surface area (Å²) < 4.78 is 0. The van der Waals surface area contributed by atoms with E-state index in [0.717, 1.165) is 37.8 Å². The Morgan fingerprint density at radius 1 is 1.16 bits per heavy atom. The Morgan fingerprint density at radius 2 is 1.79 bits per heavy atom. The quantitative estimate of drug-likeness (QED) is 0.775. The van der Waals surface area contributed by atoms with Gasteiger partial charge in [-0.15, -0.1) is 0 Å². The Morgan fingerprint density at radius 3 is 2.37 bits per heavy atom. The fourth-order valence-corrected chi connectivity index (χ4v) is 3.20. The largest absolute Gasteiger partial charge is 0.360 e. The summed E-state index contributed by atoms with van der Waals surface area (Å²) in [5.41, 5.74) is 0. The van der Waals surface area contributed by atoms with Gasteiger partial charge in [-0.2, -0.15) is 0 Å². The lowest BCUT2D eigenvalue weighted by Gasteiger charge is -2.37. The Balaban J connectivity index is 1.65. The molecule has 4 nitrogen and oxygen atoms in total. The van der Waals surface area contributed by atoms with Crippen molar-refractivity contribution in [3.05, 3.63) is 0 Å². The van der Waals surface area contributed by atoms with Gasteiger partial charge in [-0.05, 0) is 39.2 Å². The summed E-state index contributed by atoms with van der Waals surface area (Å²) in [6.07, 6.45) is 5.31. The Bertz CT molecular complexity index is 281. The molecule has 1 saturated carbocycles. The topological polar surface area (TPSA) is 21.8 Å². The van der Waals surface area contributed by atoms with Crippen LogP contribution in [0.3, 0.4) is 0 Å². The molecule has 0 amide bonds. The second kappa shape index (κ2) is 7.41. The molecular formula is C14H28N4S. The van der Waals surface area contributed by atoms with Crippen LogP contribution in [0.4, 0.5) is 0 Å². The Kier molecular flexibility index (Phi) is 5.85. The number of thiocarbonyl (C=S) groups is 1. The molecule has 110 valence electrons. The van der Waals surface area contributed by atoms with Gasteiger partial charge in [-0.25, -0.2) is 0 Å². The SMILES string of the molecule is CN(C)CCN1CCN(C(=S)NC2CCCC2)CC1. The first-order chi connectivity index (χ1) is 9.15. The summed E-state index contributed by atoms with van der Waals surface area (Å²) in [5, 5.41) is 4.53. The highest BCUT2D eigenvalue weighted by atomic mass is 32.1. The third-order valence-electron chi connectivity index (χ3n) is 4.21. The standard InChI is InChI=1S/C14H28N4S/c1-16(2)7-8-17-9-11-18(12-10-17)14(19)15-13-5-3-4-6-13/h13H,3-12H2,1-2H3,(H,15,19). The van der Waals surface area contributed by atoms with Crippen molar-refractivity contribution in [2.24, 2.45) is 0 Å². The van der Waals surface area contributed by atoms with Gasteiger partial charge in [-0.3, -0.25) is 4.90 Å². The third-order valence-corrected chi connectivity index (χ3v) is 4.58. The van der Waals surface area contributed by atoms with Crippen molar-refractivity contribution in [1.29, 1.82) is 0 Å². The lowest BCUT2D eigenvalue weighted by atomic mass is 10.2. The predicted octanol–water partition coefficient (Wildman–Crippen LogP) is 0.983. The molecule has 1 saturated heterocycles. The lowest BCUT2D eigenvalue weighted by Crippen LogP contribution is -2.53. The third kappa shape index (κ3) is 4.89. The monoisotopic (exact) mass is 284 g/mol. The molecule has 1 N–H and O–H groups in total. The summed E-state index contributed by atoms with van der Waals surface area (Å²) >= 11 is 5.54. The zero-order chi connectivity index (χ0) is 13.7. The van der Waals surface area contributed by atoms with Gasteiger partial charge < -0.3 is 15.1 Å². The molecule has 0 radical (unpaired) electrons. The summed E-state index contributed by atoms with van der Waals surface area (Å²) in [7, 11) is 4.27. The second-order valence-corrected chi connectivity index (χ2v) is 6.45. The molecule has 0 atom stereocenters. The van der Waals surface area contributed by atoms with Crippen LogP contribution in [0.1, 0.15) is 25.7 Å². The highest BCUT2D eigenvalue weighted by molar-refractivity contribution is 7.80. The predicted molar refractivity (Wildman–Crippen MR) is 84.6 cm³/mol. The minimum atomic E-state index is 0.638. The molecule has 0 aromatic heterocycles. The maximum Gasteiger partial charge on any atom is 0.169 e. The molecule has 0 spiro atoms. The molecule has 0 unspecified atom stereocenters. The van der Waals surface area contributed by atoms with E-state index < -0.39 is 0 Å². The van der Waals surface area contributed by atoms with E-state index in [1.165, 1.54) is 32.2 Å². The Labute approximate surface area is 123 Å². The number of hydrogen-bond acceptors (Lipinski definition) is 3. The van der Waals surface area contributed by atoms with Crippen molar-refractivity contribution >= 4 is 17.3 Å². The number of rotatable bonds is 4. The van der Waals surface area contributed by atoms with E-state index >= 15 is 0 Å². The zero-order valence-electron chi connectivity index (χ0n) is 12.4. The van der Waals surface area contributed by atoms with Crippen LogP contribution < -0.4 is 5.32 Å². The smallest absolute Gasteiger partial charge is 0.169 e. The van der Waals surface area contributed by atoms with Crippen LogP contribution in [0, 0.1) is 0 Å². The molecule has 19 heavy (non-hydrogen) atoms. The van der Waals surface area contributed by atoms with Crippen molar-refractivity contribution in [3.8, 4) is 0 Å². The molecule has 5 heteroatoms. The lowest BCUT2D eigenvalue weighted by molar-refractivity contribution is 0.168. The molecule has 1 aliphatic carbocycles. The second-order valence-electron chi connectivity index (χ2n) is 6.06. The fraction of sp³-hybridized carbons (Fsp3) is 0.929. The normalized spacial score (nSPS) is 22.2. The van der Waals surface area contributed by atoms with Gasteiger partial charge in [0.1, 0.15) is 0 Å². The van der Waals surface area contributed by atoms with E-state index in [-0.39, 0.29) is 0 Å². The zero-order valence-corrected chi connectivity index (χ0v) is 13.2. The average molecular weight is 284 g/mol. The molecule has 1 heterocycles. The van der Waals surface area contributed by atoms with Crippen molar-refractivity contribution in [2.75, 3.05) is 53.4 Å². The molecule has 0 aromatic carbocycles. The molecule has 2 fully saturated rings. The van der Waals surface area contributed by atoms with Gasteiger partial charge in [0.05, 0.1) is 0 Å². The average Bonchev–Trinajstić information content (AvgIpc) is 2.89. The van der Waals surface area contributed by atoms with Crippen molar-refractivity contribution < 1.29 is 0 Å². The summed E-state index contributed by atoms with van der Waals surface area (Å²) in [4.78, 5) is 7.13. The summed E-state index contributed by atoms with van der Waals surface area (Å²) in [5.74, 6) is 0. The van der Waals surface area contributed by atoms with Crippen molar-refractivity contribution in [3.63, 3.8) is 0 Å². The number of nitrogens with one attached hydrogen (secondary N) is 1. The van der Waals surface area contributed by atoms with Crippen LogP contribution in [-0.4, -0.2) is 79.2 Å². The number of nitrogens with zero attached hydrogens (tertiary/aromatic N) is 3. The van der Waals surface area contributed by atoms with Gasteiger partial charge >= 0.3 is 0 Å². The van der Waals surface area contributed by atoms with Gasteiger partial charge in [0.25, 0.3) is 0 Å². The summed E-state index contributed by atoms with van der Waals surface area (Å²) in [6, 6.07) is 0.638. The van der Waals surface area contributed by atoms with Gasteiger partial charge in [0.15, 0.2) is 5.11 Å². The number of likely N-dealkylation sites (N-methyl/N-ethyl adjacent to an activating group) is 1. The molecule has 0 bridgehead atoms. The first-order valence-corrected chi connectivity index (χ1v) is 7.98. The van der Waals surface area contributed by atoms with Crippen LogP contribution >= 0.6 is 12.2 Å². The first-order valence-electron chi connectivity index (χ1n) is 7.57. The highest BCUT2D eigenvalue weighted by Gasteiger charge is 2.21. The van der Waals surface area contributed by atoms with E-state index in [1.807, 2.05) is 0 Å². The van der Waals surface area contributed by atoms with Gasteiger partial charge in [0, 0.05) is 45.3 Å². The van der Waals surface area contributed by atoms with Crippen LogP contribution in [0.25, 0.3) is 0 Å². The molecule has 0 aromatic rings. The Hall–Kier alpha value is -0.390. The van der Waals surface area contributed by atoms with E-state index in [2.05, 4.69) is 34.1 Å². The van der Waals surface area contributed by atoms with E-state index in [9.17, 15) is 0 Å². The fourth-order valence-electron chi connectivity index (χ4n) is 2.85. The van der Waals surface area contributed by atoms with E-state index in [1.54, 1.807) is 0 Å². The van der Waals surface area contributed by atoms with E-state index in [0.29, 0.717) is 6.04 Å². The maximum atomic E-state index is 5.54. The first kappa shape index (κ1) is 15.0. The molecular weight excluding hydrogens is 256 g/mol. The van der Waals surface area contributed by atoms with Crippen LogP contribution in [0.2, 0.25) is 0 Å². The number of piperazine rings is 1. The van der Waals surface area contributed by atoms with Gasteiger partial charge in [0.2, 0.25) is 0 Å². The van der Waals surface area contributed by atoms with Crippen molar-refractivity contribution in [1.82, 2.24) is 20.0 Å². The van der Waals surface area contributed by atoms with Crippen LogP contribution in [-0.2, 0) is 0 Å². The molecule has 2 rings (SSSR count).